The molecule has 0 saturated carbocycles. The fourth-order valence-corrected chi connectivity index (χ4v) is 2.67. The molecular weight excluding hydrogens is 322 g/mol. The molecule has 1 aromatic heterocycles. The van der Waals surface area contributed by atoms with E-state index in [1.54, 1.807) is 4.90 Å². The number of rotatable bonds is 5. The van der Waals surface area contributed by atoms with Crippen LogP contribution < -0.4 is 10.3 Å². The third-order valence-corrected chi connectivity index (χ3v) is 4.03. The minimum Gasteiger partial charge on any atom is -0.492 e. The third-order valence-electron chi connectivity index (χ3n) is 4.03. The topological polar surface area (TPSA) is 73.7 Å². The van der Waals surface area contributed by atoms with E-state index in [1.807, 2.05) is 37.3 Å². The highest BCUT2D eigenvalue weighted by Crippen LogP contribution is 2.10. The largest absolute Gasteiger partial charge is 0.492 e. The van der Waals surface area contributed by atoms with Crippen molar-refractivity contribution in [1.82, 2.24) is 14.7 Å². The quantitative estimate of drug-likeness (QED) is 0.815. The molecule has 1 aliphatic heterocycles. The Balaban J connectivity index is 1.67. The van der Waals surface area contributed by atoms with Crippen LogP contribution in [0.2, 0.25) is 0 Å². The molecule has 1 fully saturated rings. The predicted molar refractivity (Wildman–Crippen MR) is 91.8 cm³/mol. The number of para-hydroxylation sites is 1. The minimum atomic E-state index is -0.261. The molecule has 0 unspecified atom stereocenters. The number of amides is 1. The normalized spacial score (nSPS) is 17.3. The van der Waals surface area contributed by atoms with Crippen LogP contribution in [0.15, 0.2) is 47.3 Å². The van der Waals surface area contributed by atoms with Gasteiger partial charge < -0.3 is 14.4 Å². The molecular formula is C18H21N3O4. The summed E-state index contributed by atoms with van der Waals surface area (Å²) in [7, 11) is 0. The van der Waals surface area contributed by atoms with Gasteiger partial charge >= 0.3 is 0 Å². The number of nitrogens with zero attached hydrogens (tertiary/aromatic N) is 3. The Morgan fingerprint density at radius 3 is 2.84 bits per heavy atom. The van der Waals surface area contributed by atoms with Crippen molar-refractivity contribution in [3.63, 3.8) is 0 Å². The maximum Gasteiger partial charge on any atom is 0.274 e. The summed E-state index contributed by atoms with van der Waals surface area (Å²) in [6, 6.07) is 12.2. The van der Waals surface area contributed by atoms with E-state index in [-0.39, 0.29) is 29.7 Å². The van der Waals surface area contributed by atoms with Crippen molar-refractivity contribution >= 4 is 5.91 Å². The molecule has 0 aliphatic carbocycles. The van der Waals surface area contributed by atoms with Crippen molar-refractivity contribution in [2.75, 3.05) is 26.4 Å². The zero-order valence-electron chi connectivity index (χ0n) is 14.1. The third kappa shape index (κ3) is 4.24. The highest BCUT2D eigenvalue weighted by molar-refractivity contribution is 5.92. The van der Waals surface area contributed by atoms with E-state index in [4.69, 9.17) is 9.47 Å². The highest BCUT2D eigenvalue weighted by atomic mass is 16.5. The molecule has 2 aromatic rings. The van der Waals surface area contributed by atoms with E-state index in [9.17, 15) is 9.59 Å². The van der Waals surface area contributed by atoms with Gasteiger partial charge in [-0.15, -0.1) is 0 Å². The predicted octanol–water partition coefficient (Wildman–Crippen LogP) is 1.18. The van der Waals surface area contributed by atoms with Gasteiger partial charge in [0.05, 0.1) is 25.8 Å². The zero-order chi connectivity index (χ0) is 17.6. The van der Waals surface area contributed by atoms with Crippen LogP contribution in [0.25, 0.3) is 0 Å². The summed E-state index contributed by atoms with van der Waals surface area (Å²) in [5, 5.41) is 4.21. The van der Waals surface area contributed by atoms with Gasteiger partial charge in [-0.25, -0.2) is 4.68 Å². The lowest BCUT2D eigenvalue weighted by molar-refractivity contribution is 0.00312. The highest BCUT2D eigenvalue weighted by Gasteiger charge is 2.26. The van der Waals surface area contributed by atoms with Gasteiger partial charge in [0.15, 0.2) is 0 Å². The summed E-state index contributed by atoms with van der Waals surface area (Å²) >= 11 is 0. The van der Waals surface area contributed by atoms with Crippen molar-refractivity contribution in [3.05, 3.63) is 58.5 Å². The van der Waals surface area contributed by atoms with Crippen molar-refractivity contribution in [2.24, 2.45) is 0 Å². The molecule has 0 N–H and O–H groups in total. The molecule has 25 heavy (non-hydrogen) atoms. The summed E-state index contributed by atoms with van der Waals surface area (Å²) in [4.78, 5) is 26.3. The van der Waals surface area contributed by atoms with E-state index >= 15 is 0 Å². The Morgan fingerprint density at radius 1 is 1.28 bits per heavy atom. The molecule has 1 saturated heterocycles. The van der Waals surface area contributed by atoms with Crippen molar-refractivity contribution in [1.29, 1.82) is 0 Å². The molecule has 1 aliphatic rings. The molecule has 7 nitrogen and oxygen atoms in total. The van der Waals surface area contributed by atoms with Gasteiger partial charge in [-0.1, -0.05) is 18.2 Å². The first-order valence-electron chi connectivity index (χ1n) is 8.30. The van der Waals surface area contributed by atoms with Crippen molar-refractivity contribution in [3.8, 4) is 5.75 Å². The summed E-state index contributed by atoms with van der Waals surface area (Å²) in [5.74, 6) is 0.540. The van der Waals surface area contributed by atoms with Gasteiger partial charge in [0.25, 0.3) is 11.5 Å². The van der Waals surface area contributed by atoms with Crippen LogP contribution in [0, 0.1) is 0 Å². The Hall–Kier alpha value is -2.67. The summed E-state index contributed by atoms with van der Waals surface area (Å²) in [5.41, 5.74) is -0.00343. The standard InChI is InChI=1S/C18H21N3O4/c1-14-13-24-11-9-20(14)18(23)16-7-8-17(22)21(19-16)10-12-25-15-5-3-2-4-6-15/h2-8,14H,9-13H2,1H3/t14-/m0/s1. The lowest BCUT2D eigenvalue weighted by Crippen LogP contribution is -2.47. The molecule has 3 rings (SSSR count). The molecule has 1 aromatic carbocycles. The molecule has 7 heteroatoms. The first-order valence-corrected chi connectivity index (χ1v) is 8.30. The lowest BCUT2D eigenvalue weighted by Gasteiger charge is -2.33. The van der Waals surface area contributed by atoms with Crippen molar-refractivity contribution in [2.45, 2.75) is 19.5 Å². The fourth-order valence-electron chi connectivity index (χ4n) is 2.67. The van der Waals surface area contributed by atoms with E-state index in [1.165, 1.54) is 16.8 Å². The Bertz CT molecular complexity index is 775. The maximum absolute atomic E-state index is 12.6. The molecule has 0 bridgehead atoms. The number of hydrogen-bond donors (Lipinski definition) is 0. The maximum atomic E-state index is 12.6. The molecule has 1 amide bonds. The molecule has 2 heterocycles. The Kier molecular flexibility index (Phi) is 5.45. The number of benzene rings is 1. The average Bonchev–Trinajstić information content (AvgIpc) is 2.64. The van der Waals surface area contributed by atoms with Crippen LogP contribution in [0.4, 0.5) is 0 Å². The van der Waals surface area contributed by atoms with Gasteiger partial charge in [-0.3, -0.25) is 9.59 Å². The molecule has 0 radical (unpaired) electrons. The van der Waals surface area contributed by atoms with Gasteiger partial charge in [0.1, 0.15) is 18.1 Å². The molecule has 132 valence electrons. The van der Waals surface area contributed by atoms with Crippen LogP contribution in [0.1, 0.15) is 17.4 Å². The van der Waals surface area contributed by atoms with Crippen LogP contribution in [0.3, 0.4) is 0 Å². The second-order valence-corrected chi connectivity index (χ2v) is 5.86. The number of aromatic nitrogens is 2. The second-order valence-electron chi connectivity index (χ2n) is 5.86. The number of carbonyl (C=O) groups is 1. The summed E-state index contributed by atoms with van der Waals surface area (Å²) in [6.45, 7) is 4.05. The summed E-state index contributed by atoms with van der Waals surface area (Å²) < 4.78 is 12.2. The molecule has 1 atom stereocenters. The van der Waals surface area contributed by atoms with Gasteiger partial charge in [-0.2, -0.15) is 5.10 Å². The van der Waals surface area contributed by atoms with Gasteiger partial charge in [0, 0.05) is 12.6 Å². The average molecular weight is 343 g/mol. The smallest absolute Gasteiger partial charge is 0.274 e. The Morgan fingerprint density at radius 2 is 2.08 bits per heavy atom. The number of carbonyl (C=O) groups excluding carboxylic acids is 1. The van der Waals surface area contributed by atoms with E-state index in [0.29, 0.717) is 26.4 Å². The number of hydrogen-bond acceptors (Lipinski definition) is 5. The van der Waals surface area contributed by atoms with E-state index in [2.05, 4.69) is 5.10 Å². The first-order chi connectivity index (χ1) is 12.1. The fraction of sp³-hybridized carbons (Fsp3) is 0.389. The van der Waals surface area contributed by atoms with Crippen LogP contribution in [0.5, 0.6) is 5.75 Å². The monoisotopic (exact) mass is 343 g/mol. The van der Waals surface area contributed by atoms with Gasteiger partial charge in [-0.05, 0) is 25.1 Å². The summed E-state index contributed by atoms with van der Waals surface area (Å²) in [6.07, 6.45) is 0. The second kappa shape index (κ2) is 7.94. The van der Waals surface area contributed by atoms with Crippen LogP contribution in [-0.4, -0.2) is 53.0 Å². The Labute approximate surface area is 145 Å². The SMILES string of the molecule is C[C@H]1COCCN1C(=O)c1ccc(=O)n(CCOc2ccccc2)n1. The lowest BCUT2D eigenvalue weighted by atomic mass is 10.2. The number of morpholine rings is 1. The van der Waals surface area contributed by atoms with Crippen molar-refractivity contribution < 1.29 is 14.3 Å². The van der Waals surface area contributed by atoms with Crippen LogP contribution in [-0.2, 0) is 11.3 Å². The zero-order valence-corrected chi connectivity index (χ0v) is 14.1. The van der Waals surface area contributed by atoms with E-state index < -0.39 is 0 Å². The minimum absolute atomic E-state index is 0.00941. The molecule has 0 spiro atoms. The first kappa shape index (κ1) is 17.2. The van der Waals surface area contributed by atoms with Gasteiger partial charge in [0.2, 0.25) is 0 Å². The number of ether oxygens (including phenoxy) is 2. The van der Waals surface area contributed by atoms with E-state index in [0.717, 1.165) is 5.75 Å². The van der Waals surface area contributed by atoms with Crippen LogP contribution >= 0.6 is 0 Å².